The van der Waals surface area contributed by atoms with Crippen molar-refractivity contribution in [3.63, 3.8) is 0 Å². The normalized spacial score (nSPS) is 17.7. The summed E-state index contributed by atoms with van der Waals surface area (Å²) in [6.45, 7) is 6.23. The molecule has 0 amide bonds. The van der Waals surface area contributed by atoms with Crippen LogP contribution >= 0.6 is 0 Å². The van der Waals surface area contributed by atoms with Gasteiger partial charge in [0.2, 0.25) is 10.0 Å². The Morgan fingerprint density at radius 3 is 2.55 bits per heavy atom. The minimum Gasteiger partial charge on any atom is -0.492 e. The second-order valence-electron chi connectivity index (χ2n) is 10.3. The molecule has 9 heteroatoms. The van der Waals surface area contributed by atoms with Gasteiger partial charge in [-0.1, -0.05) is 24.3 Å². The van der Waals surface area contributed by atoms with Crippen molar-refractivity contribution in [3.8, 4) is 28.4 Å². The second kappa shape index (κ2) is 11.9. The lowest BCUT2D eigenvalue weighted by Gasteiger charge is -2.17. The number of fused-ring (bicyclic) bond motifs is 1. The maximum absolute atomic E-state index is 12.0. The van der Waals surface area contributed by atoms with Crippen molar-refractivity contribution < 1.29 is 32.2 Å². The molecule has 0 spiro atoms. The molecule has 8 nitrogen and oxygen atoms in total. The number of esters is 1. The fourth-order valence-electron chi connectivity index (χ4n) is 5.45. The molecule has 0 saturated carbocycles. The maximum atomic E-state index is 12.0. The molecule has 1 unspecified atom stereocenters. The van der Waals surface area contributed by atoms with Crippen LogP contribution in [-0.4, -0.2) is 57.9 Å². The number of ether oxygens (including phenoxy) is 4. The topological polar surface area (TPSA) is 91.4 Å². The summed E-state index contributed by atoms with van der Waals surface area (Å²) in [6, 6.07) is 18.0. The molecule has 1 atom stereocenters. The first-order valence-electron chi connectivity index (χ1n) is 13.5. The zero-order chi connectivity index (χ0) is 28.3. The first-order chi connectivity index (χ1) is 19.2. The predicted molar refractivity (Wildman–Crippen MR) is 152 cm³/mol. The highest BCUT2D eigenvalue weighted by atomic mass is 32.2. The quantitative estimate of drug-likeness (QED) is 0.320. The van der Waals surface area contributed by atoms with Crippen LogP contribution < -0.4 is 14.2 Å². The van der Waals surface area contributed by atoms with Crippen LogP contribution in [0.25, 0.3) is 11.1 Å². The number of hydrogen-bond donors (Lipinski definition) is 0. The van der Waals surface area contributed by atoms with Crippen molar-refractivity contribution >= 4 is 16.0 Å². The van der Waals surface area contributed by atoms with E-state index in [0.717, 1.165) is 44.9 Å². The Labute approximate surface area is 235 Å². The van der Waals surface area contributed by atoms with E-state index in [1.54, 1.807) is 0 Å². The number of nitrogens with zero attached hydrogens (tertiary/aromatic N) is 1. The standard InChI is InChI=1S/C31H35NO7S/c1-21-14-27(37-12-11-32-10-5-13-40(32,34)35)15-22(2)31(21)24-7-4-6-23(16-24)19-38-26-8-9-28-25(17-30(33)36-3)20-39-29(28)18-26/h4,6-9,14-16,18,25H,5,10-13,17,19-20H2,1-3H3. The summed E-state index contributed by atoms with van der Waals surface area (Å²) in [6.07, 6.45) is 0.978. The molecule has 2 aliphatic rings. The van der Waals surface area contributed by atoms with Gasteiger partial charge in [-0.05, 0) is 72.4 Å². The fourth-order valence-corrected chi connectivity index (χ4v) is 6.97. The van der Waals surface area contributed by atoms with Crippen LogP contribution in [0.2, 0.25) is 0 Å². The van der Waals surface area contributed by atoms with Gasteiger partial charge < -0.3 is 18.9 Å². The number of carbonyl (C=O) groups is 1. The number of rotatable bonds is 10. The molecule has 0 N–H and O–H groups in total. The smallest absolute Gasteiger partial charge is 0.306 e. The van der Waals surface area contributed by atoms with Crippen molar-refractivity contribution in [2.45, 2.75) is 39.2 Å². The van der Waals surface area contributed by atoms with Crippen LogP contribution in [-0.2, 0) is 26.2 Å². The minimum absolute atomic E-state index is 0.00216. The van der Waals surface area contributed by atoms with Gasteiger partial charge in [0.15, 0.2) is 0 Å². The number of carbonyl (C=O) groups excluding carboxylic acids is 1. The average Bonchev–Trinajstić information content (AvgIpc) is 3.48. The van der Waals surface area contributed by atoms with Crippen molar-refractivity contribution in [2.75, 3.05) is 39.2 Å². The fraction of sp³-hybridized carbons (Fsp3) is 0.387. The van der Waals surface area contributed by atoms with E-state index < -0.39 is 10.0 Å². The number of aryl methyl sites for hydroxylation is 2. The molecule has 0 radical (unpaired) electrons. The van der Waals surface area contributed by atoms with E-state index in [0.29, 0.717) is 51.5 Å². The average molecular weight is 566 g/mol. The third-order valence-electron chi connectivity index (χ3n) is 7.45. The third-order valence-corrected chi connectivity index (χ3v) is 9.40. The molecule has 1 fully saturated rings. The van der Waals surface area contributed by atoms with Gasteiger partial charge in [-0.25, -0.2) is 8.42 Å². The van der Waals surface area contributed by atoms with Crippen molar-refractivity contribution in [1.82, 2.24) is 4.31 Å². The monoisotopic (exact) mass is 565 g/mol. The Morgan fingerprint density at radius 2 is 1.82 bits per heavy atom. The molecular formula is C31H35NO7S. The number of sulfonamides is 1. The minimum atomic E-state index is -3.12. The summed E-state index contributed by atoms with van der Waals surface area (Å²) >= 11 is 0. The molecule has 40 heavy (non-hydrogen) atoms. The summed E-state index contributed by atoms with van der Waals surface area (Å²) in [4.78, 5) is 11.7. The molecule has 0 aliphatic carbocycles. The van der Waals surface area contributed by atoms with Crippen molar-refractivity contribution in [2.24, 2.45) is 0 Å². The molecule has 5 rings (SSSR count). The Hall–Kier alpha value is -3.56. The van der Waals surface area contributed by atoms with E-state index in [1.165, 1.54) is 11.4 Å². The lowest BCUT2D eigenvalue weighted by atomic mass is 9.94. The molecule has 2 aliphatic heterocycles. The van der Waals surface area contributed by atoms with E-state index >= 15 is 0 Å². The highest BCUT2D eigenvalue weighted by Gasteiger charge is 2.28. The molecule has 212 valence electrons. The third kappa shape index (κ3) is 6.26. The maximum Gasteiger partial charge on any atom is 0.306 e. The SMILES string of the molecule is COC(=O)CC1COc2cc(OCc3cccc(-c4c(C)cc(OCCN5CCCS5(=O)=O)cc4C)c3)ccc21. The Morgan fingerprint density at radius 1 is 1.02 bits per heavy atom. The molecule has 1 saturated heterocycles. The van der Waals surface area contributed by atoms with E-state index in [2.05, 4.69) is 26.0 Å². The van der Waals surface area contributed by atoms with Crippen molar-refractivity contribution in [3.05, 3.63) is 76.9 Å². The number of hydrogen-bond acceptors (Lipinski definition) is 7. The zero-order valence-electron chi connectivity index (χ0n) is 23.1. The summed E-state index contributed by atoms with van der Waals surface area (Å²) in [5, 5.41) is 0. The summed E-state index contributed by atoms with van der Waals surface area (Å²) < 4.78 is 48.1. The van der Waals surface area contributed by atoms with Gasteiger partial charge in [-0.3, -0.25) is 4.79 Å². The van der Waals surface area contributed by atoms with Gasteiger partial charge in [-0.15, -0.1) is 0 Å². The van der Waals surface area contributed by atoms with Gasteiger partial charge in [0.25, 0.3) is 0 Å². The van der Waals surface area contributed by atoms with Gasteiger partial charge >= 0.3 is 5.97 Å². The lowest BCUT2D eigenvalue weighted by Crippen LogP contribution is -2.30. The van der Waals surface area contributed by atoms with Crippen LogP contribution in [0.1, 0.15) is 41.0 Å². The van der Waals surface area contributed by atoms with Gasteiger partial charge in [-0.2, -0.15) is 4.31 Å². The summed E-state index contributed by atoms with van der Waals surface area (Å²) in [5.74, 6) is 2.17. The Kier molecular flexibility index (Phi) is 8.32. The van der Waals surface area contributed by atoms with Crippen LogP contribution in [0.15, 0.2) is 54.6 Å². The highest BCUT2D eigenvalue weighted by molar-refractivity contribution is 7.89. The van der Waals surface area contributed by atoms with Gasteiger partial charge in [0, 0.05) is 30.6 Å². The van der Waals surface area contributed by atoms with Crippen molar-refractivity contribution in [1.29, 1.82) is 0 Å². The van der Waals surface area contributed by atoms with Crippen LogP contribution in [0.4, 0.5) is 0 Å². The van der Waals surface area contributed by atoms with Gasteiger partial charge in [0.1, 0.15) is 30.5 Å². The first-order valence-corrected chi connectivity index (χ1v) is 15.1. The Bertz CT molecular complexity index is 1480. The van der Waals surface area contributed by atoms with E-state index in [9.17, 15) is 13.2 Å². The number of benzene rings is 3. The predicted octanol–water partition coefficient (Wildman–Crippen LogP) is 5.00. The molecule has 3 aromatic carbocycles. The van der Waals surface area contributed by atoms with E-state index in [4.69, 9.17) is 18.9 Å². The van der Waals surface area contributed by atoms with E-state index in [-0.39, 0.29) is 17.6 Å². The van der Waals surface area contributed by atoms with E-state index in [1.807, 2.05) is 42.5 Å². The molecular weight excluding hydrogens is 530 g/mol. The summed E-state index contributed by atoms with van der Waals surface area (Å²) in [5.41, 5.74) is 6.43. The van der Waals surface area contributed by atoms with Crippen LogP contribution in [0.3, 0.4) is 0 Å². The lowest BCUT2D eigenvalue weighted by molar-refractivity contribution is -0.141. The zero-order valence-corrected chi connectivity index (χ0v) is 24.0. The number of methoxy groups -OCH3 is 1. The van der Waals surface area contributed by atoms with Gasteiger partial charge in [0.05, 0.1) is 25.9 Å². The molecule has 2 heterocycles. The molecule has 3 aromatic rings. The molecule has 0 aromatic heterocycles. The Balaban J connectivity index is 1.22. The first kappa shape index (κ1) is 28.0. The van der Waals surface area contributed by atoms with Crippen LogP contribution in [0, 0.1) is 13.8 Å². The largest absolute Gasteiger partial charge is 0.492 e. The molecule has 0 bridgehead atoms. The summed E-state index contributed by atoms with van der Waals surface area (Å²) in [7, 11) is -1.72. The second-order valence-corrected chi connectivity index (χ2v) is 12.4. The highest BCUT2D eigenvalue weighted by Crippen LogP contribution is 2.39. The van der Waals surface area contributed by atoms with Crippen LogP contribution in [0.5, 0.6) is 17.2 Å².